The summed E-state index contributed by atoms with van der Waals surface area (Å²) in [5.41, 5.74) is 0. The van der Waals surface area contributed by atoms with E-state index in [2.05, 4.69) is 17.6 Å². The van der Waals surface area contributed by atoms with Gasteiger partial charge in [0.25, 0.3) is 0 Å². The van der Waals surface area contributed by atoms with E-state index in [-0.39, 0.29) is 6.03 Å². The molecular formula is C14H27N3O3. The SMILES string of the molecule is CCNCCCNC(=O)N1CCC(CC)CC1C(=O)O. The number of piperidine rings is 1. The quantitative estimate of drug-likeness (QED) is 0.615. The number of rotatable bonds is 7. The Morgan fingerprint density at radius 2 is 2.05 bits per heavy atom. The normalized spacial score (nSPS) is 22.6. The lowest BCUT2D eigenvalue weighted by Crippen LogP contribution is -2.53. The molecule has 1 fully saturated rings. The van der Waals surface area contributed by atoms with Crippen molar-refractivity contribution < 1.29 is 14.7 Å². The second kappa shape index (κ2) is 8.79. The van der Waals surface area contributed by atoms with Crippen LogP contribution in [0.5, 0.6) is 0 Å². The van der Waals surface area contributed by atoms with Gasteiger partial charge in [-0.15, -0.1) is 0 Å². The Morgan fingerprint density at radius 3 is 2.65 bits per heavy atom. The highest BCUT2D eigenvalue weighted by Crippen LogP contribution is 2.25. The van der Waals surface area contributed by atoms with Gasteiger partial charge in [-0.05, 0) is 38.3 Å². The number of hydrogen-bond donors (Lipinski definition) is 3. The molecule has 0 radical (unpaired) electrons. The lowest BCUT2D eigenvalue weighted by atomic mass is 9.89. The van der Waals surface area contributed by atoms with Crippen molar-refractivity contribution in [3.63, 3.8) is 0 Å². The first kappa shape index (κ1) is 16.8. The number of carbonyl (C=O) groups excluding carboxylic acids is 1. The van der Waals surface area contributed by atoms with Gasteiger partial charge in [0, 0.05) is 13.1 Å². The summed E-state index contributed by atoms with van der Waals surface area (Å²) in [6, 6.07) is -0.925. The first-order valence-corrected chi connectivity index (χ1v) is 7.58. The predicted molar refractivity (Wildman–Crippen MR) is 77.7 cm³/mol. The Hall–Kier alpha value is -1.30. The van der Waals surface area contributed by atoms with E-state index in [1.54, 1.807) is 0 Å². The van der Waals surface area contributed by atoms with E-state index in [1.807, 2.05) is 6.92 Å². The Kier molecular flexibility index (Phi) is 7.36. The maximum Gasteiger partial charge on any atom is 0.326 e. The molecule has 1 aliphatic rings. The van der Waals surface area contributed by atoms with Gasteiger partial charge in [0.15, 0.2) is 0 Å². The number of likely N-dealkylation sites (tertiary alicyclic amines) is 1. The largest absolute Gasteiger partial charge is 0.480 e. The highest BCUT2D eigenvalue weighted by molar-refractivity contribution is 5.82. The zero-order valence-electron chi connectivity index (χ0n) is 12.5. The molecule has 6 nitrogen and oxygen atoms in total. The van der Waals surface area contributed by atoms with E-state index in [1.165, 1.54) is 4.90 Å². The van der Waals surface area contributed by atoms with E-state index in [9.17, 15) is 14.7 Å². The molecule has 0 bridgehead atoms. The first-order valence-electron chi connectivity index (χ1n) is 7.58. The summed E-state index contributed by atoms with van der Waals surface area (Å²) in [5, 5.41) is 15.3. The minimum absolute atomic E-state index is 0.247. The molecule has 6 heteroatoms. The lowest BCUT2D eigenvalue weighted by molar-refractivity contribution is -0.144. The van der Waals surface area contributed by atoms with E-state index in [4.69, 9.17) is 0 Å². The van der Waals surface area contributed by atoms with E-state index in [0.717, 1.165) is 32.4 Å². The van der Waals surface area contributed by atoms with Gasteiger partial charge in [-0.25, -0.2) is 9.59 Å². The molecule has 1 rings (SSSR count). The van der Waals surface area contributed by atoms with Crippen molar-refractivity contribution in [3.8, 4) is 0 Å². The molecule has 0 aromatic carbocycles. The van der Waals surface area contributed by atoms with Crippen molar-refractivity contribution >= 4 is 12.0 Å². The van der Waals surface area contributed by atoms with E-state index >= 15 is 0 Å². The lowest BCUT2D eigenvalue weighted by Gasteiger charge is -2.36. The summed E-state index contributed by atoms with van der Waals surface area (Å²) in [5.74, 6) is -0.486. The Balaban J connectivity index is 2.42. The van der Waals surface area contributed by atoms with Gasteiger partial charge in [0.2, 0.25) is 0 Å². The highest BCUT2D eigenvalue weighted by atomic mass is 16.4. The zero-order chi connectivity index (χ0) is 15.0. The molecule has 0 saturated carbocycles. The van der Waals surface area contributed by atoms with Crippen LogP contribution in [0.25, 0.3) is 0 Å². The summed E-state index contributed by atoms with van der Waals surface area (Å²) in [4.78, 5) is 24.9. The van der Waals surface area contributed by atoms with Crippen LogP contribution in [-0.2, 0) is 4.79 Å². The number of urea groups is 1. The van der Waals surface area contributed by atoms with Crippen molar-refractivity contribution in [1.29, 1.82) is 0 Å². The molecule has 2 amide bonds. The number of nitrogens with one attached hydrogen (secondary N) is 2. The van der Waals surface area contributed by atoms with Gasteiger partial charge in [0.1, 0.15) is 6.04 Å². The summed E-state index contributed by atoms with van der Waals surface area (Å²) >= 11 is 0. The molecule has 2 atom stereocenters. The highest BCUT2D eigenvalue weighted by Gasteiger charge is 2.35. The average Bonchev–Trinajstić information content (AvgIpc) is 2.46. The maximum atomic E-state index is 12.1. The smallest absolute Gasteiger partial charge is 0.326 e. The van der Waals surface area contributed by atoms with Crippen molar-refractivity contribution in [2.24, 2.45) is 5.92 Å². The van der Waals surface area contributed by atoms with Crippen LogP contribution in [-0.4, -0.2) is 54.2 Å². The summed E-state index contributed by atoms with van der Waals surface area (Å²) < 4.78 is 0. The molecule has 0 spiro atoms. The predicted octanol–water partition coefficient (Wildman–Crippen LogP) is 1.27. The zero-order valence-corrected chi connectivity index (χ0v) is 12.5. The molecule has 0 aliphatic carbocycles. The number of amides is 2. The van der Waals surface area contributed by atoms with Gasteiger partial charge in [-0.3, -0.25) is 0 Å². The molecular weight excluding hydrogens is 258 g/mol. The summed E-state index contributed by atoms with van der Waals surface area (Å²) in [6.45, 7) is 6.99. The second-order valence-corrected chi connectivity index (χ2v) is 5.29. The standard InChI is InChI=1S/C14H27N3O3/c1-3-11-6-9-17(12(10-11)13(18)19)14(20)16-8-5-7-15-4-2/h11-12,15H,3-10H2,1-2H3,(H,16,20)(H,18,19). The molecule has 0 aromatic heterocycles. The van der Waals surface area contributed by atoms with Crippen LogP contribution in [0.2, 0.25) is 0 Å². The third-order valence-corrected chi connectivity index (χ3v) is 3.89. The minimum atomic E-state index is -0.897. The Bertz CT molecular complexity index is 323. The molecule has 0 aromatic rings. The summed E-state index contributed by atoms with van der Waals surface area (Å²) in [7, 11) is 0. The third-order valence-electron chi connectivity index (χ3n) is 3.89. The van der Waals surface area contributed by atoms with Crippen molar-refractivity contribution in [1.82, 2.24) is 15.5 Å². The third kappa shape index (κ3) is 5.00. The van der Waals surface area contributed by atoms with Crippen molar-refractivity contribution in [2.45, 2.75) is 45.6 Å². The van der Waals surface area contributed by atoms with Crippen molar-refractivity contribution in [3.05, 3.63) is 0 Å². The molecule has 2 unspecified atom stereocenters. The number of aliphatic carboxylic acids is 1. The van der Waals surface area contributed by atoms with Gasteiger partial charge in [-0.2, -0.15) is 0 Å². The van der Waals surface area contributed by atoms with Crippen LogP contribution in [0.3, 0.4) is 0 Å². The van der Waals surface area contributed by atoms with Crippen LogP contribution in [0.4, 0.5) is 4.79 Å². The molecule has 116 valence electrons. The van der Waals surface area contributed by atoms with Crippen LogP contribution in [0.1, 0.15) is 39.5 Å². The van der Waals surface area contributed by atoms with Gasteiger partial charge in [0.05, 0.1) is 0 Å². The maximum absolute atomic E-state index is 12.1. The van der Waals surface area contributed by atoms with Crippen LogP contribution in [0.15, 0.2) is 0 Å². The number of nitrogens with zero attached hydrogens (tertiary/aromatic N) is 1. The van der Waals surface area contributed by atoms with Crippen LogP contribution >= 0.6 is 0 Å². The number of hydrogen-bond acceptors (Lipinski definition) is 3. The molecule has 1 aliphatic heterocycles. The van der Waals surface area contributed by atoms with E-state index < -0.39 is 12.0 Å². The van der Waals surface area contributed by atoms with Crippen LogP contribution in [0, 0.1) is 5.92 Å². The fourth-order valence-corrected chi connectivity index (χ4v) is 2.57. The van der Waals surface area contributed by atoms with Crippen LogP contribution < -0.4 is 10.6 Å². The average molecular weight is 285 g/mol. The Morgan fingerprint density at radius 1 is 1.30 bits per heavy atom. The topological polar surface area (TPSA) is 81.7 Å². The number of carbonyl (C=O) groups is 2. The van der Waals surface area contributed by atoms with Gasteiger partial charge >= 0.3 is 12.0 Å². The molecule has 20 heavy (non-hydrogen) atoms. The van der Waals surface area contributed by atoms with Gasteiger partial charge in [-0.1, -0.05) is 20.3 Å². The number of carboxylic acids is 1. The first-order chi connectivity index (χ1) is 9.60. The van der Waals surface area contributed by atoms with E-state index in [0.29, 0.717) is 25.4 Å². The fourth-order valence-electron chi connectivity index (χ4n) is 2.57. The second-order valence-electron chi connectivity index (χ2n) is 5.29. The van der Waals surface area contributed by atoms with Gasteiger partial charge < -0.3 is 20.6 Å². The van der Waals surface area contributed by atoms with Crippen molar-refractivity contribution in [2.75, 3.05) is 26.2 Å². The number of carboxylic acid groups (broad SMARTS) is 1. The molecule has 1 heterocycles. The summed E-state index contributed by atoms with van der Waals surface area (Å²) in [6.07, 6.45) is 3.28. The fraction of sp³-hybridized carbons (Fsp3) is 0.857. The molecule has 1 saturated heterocycles. The Labute approximate surface area is 120 Å². The monoisotopic (exact) mass is 285 g/mol. The minimum Gasteiger partial charge on any atom is -0.480 e. The molecule has 3 N–H and O–H groups in total.